The van der Waals surface area contributed by atoms with E-state index < -0.39 is 11.7 Å². The molecule has 1 aliphatic heterocycles. The number of likely N-dealkylation sites (N-methyl/N-ethyl adjacent to an activating group) is 1. The number of nitrogens with one attached hydrogen (secondary N) is 1. The molecule has 1 aromatic heterocycles. The molecule has 43 heavy (non-hydrogen) atoms. The van der Waals surface area contributed by atoms with Crippen LogP contribution in [0.1, 0.15) is 50.7 Å². The Bertz CT molecular complexity index is 1320. The molecule has 0 bridgehead atoms. The molecule has 0 saturated carbocycles. The van der Waals surface area contributed by atoms with Crippen LogP contribution in [0.15, 0.2) is 48.5 Å². The Morgan fingerprint density at radius 2 is 1.70 bits per heavy atom. The molecule has 232 valence electrons. The van der Waals surface area contributed by atoms with Crippen LogP contribution in [0.25, 0.3) is 0 Å². The van der Waals surface area contributed by atoms with Crippen LogP contribution in [0.2, 0.25) is 0 Å². The summed E-state index contributed by atoms with van der Waals surface area (Å²) in [4.78, 5) is 29.9. The van der Waals surface area contributed by atoms with Crippen molar-refractivity contribution in [1.82, 2.24) is 15.0 Å². The largest absolute Gasteiger partial charge is 0.492 e. The Labute approximate surface area is 250 Å². The lowest BCUT2D eigenvalue weighted by atomic mass is 9.97. The number of carbonyl (C=O) groups excluding carboxylic acids is 1. The van der Waals surface area contributed by atoms with E-state index in [0.29, 0.717) is 55.9 Å². The van der Waals surface area contributed by atoms with Crippen LogP contribution in [0, 0.1) is 5.92 Å². The molecule has 1 N–H and O–H groups in total. The quantitative estimate of drug-likeness (QED) is 0.228. The second-order valence-electron chi connectivity index (χ2n) is 10.5. The predicted octanol–water partition coefficient (Wildman–Crippen LogP) is 6.27. The number of hydrogen-bond acceptors (Lipinski definition) is 9. The first-order valence-corrected chi connectivity index (χ1v) is 14.7. The molecule has 0 radical (unpaired) electrons. The average molecular weight is 601 g/mol. The molecular weight excluding hydrogens is 561 g/mol. The molecule has 9 nitrogen and oxygen atoms in total. The molecule has 1 fully saturated rings. The molecule has 12 heteroatoms. The summed E-state index contributed by atoms with van der Waals surface area (Å²) in [6.45, 7) is 6.65. The van der Waals surface area contributed by atoms with Gasteiger partial charge in [0.15, 0.2) is 0 Å². The van der Waals surface area contributed by atoms with Crippen molar-refractivity contribution in [2.45, 2.75) is 52.1 Å². The highest BCUT2D eigenvalue weighted by Crippen LogP contribution is 2.30. The minimum Gasteiger partial charge on any atom is -0.492 e. The first-order valence-electron chi connectivity index (χ1n) is 14.7. The van der Waals surface area contributed by atoms with Crippen molar-refractivity contribution in [2.24, 2.45) is 5.92 Å². The molecular formula is C31H39F3N6O3. The average Bonchev–Trinajstić information content (AvgIpc) is 3.00. The molecule has 1 saturated heterocycles. The zero-order valence-electron chi connectivity index (χ0n) is 24.9. The van der Waals surface area contributed by atoms with E-state index in [2.05, 4.69) is 20.2 Å². The van der Waals surface area contributed by atoms with Crippen molar-refractivity contribution in [2.75, 3.05) is 55.0 Å². The summed E-state index contributed by atoms with van der Waals surface area (Å²) in [5.41, 5.74) is 0.754. The van der Waals surface area contributed by atoms with Gasteiger partial charge in [0.25, 0.3) is 0 Å². The molecule has 0 amide bonds. The number of anilines is 4. The molecule has 1 aliphatic rings. The van der Waals surface area contributed by atoms with Crippen molar-refractivity contribution in [3.63, 3.8) is 0 Å². The number of alkyl halides is 3. The Kier molecular flexibility index (Phi) is 11.0. The van der Waals surface area contributed by atoms with E-state index in [1.807, 2.05) is 50.1 Å². The monoisotopic (exact) mass is 600 g/mol. The van der Waals surface area contributed by atoms with Crippen molar-refractivity contribution in [1.29, 1.82) is 0 Å². The van der Waals surface area contributed by atoms with E-state index in [1.54, 1.807) is 0 Å². The van der Waals surface area contributed by atoms with Crippen molar-refractivity contribution in [3.8, 4) is 5.75 Å². The van der Waals surface area contributed by atoms with Gasteiger partial charge in [0.2, 0.25) is 17.8 Å². The number of benzene rings is 2. The van der Waals surface area contributed by atoms with Gasteiger partial charge in [0, 0.05) is 25.8 Å². The summed E-state index contributed by atoms with van der Waals surface area (Å²) in [5, 5.41) is 3.03. The zero-order valence-corrected chi connectivity index (χ0v) is 24.9. The van der Waals surface area contributed by atoms with Gasteiger partial charge in [0.05, 0.1) is 24.6 Å². The normalized spacial score (nSPS) is 14.2. The Morgan fingerprint density at radius 3 is 2.33 bits per heavy atom. The highest BCUT2D eigenvalue weighted by atomic mass is 19.4. The fourth-order valence-electron chi connectivity index (χ4n) is 4.75. The molecule has 1 atom stereocenters. The van der Waals surface area contributed by atoms with Crippen molar-refractivity contribution >= 4 is 29.5 Å². The number of halogens is 3. The van der Waals surface area contributed by atoms with Gasteiger partial charge in [-0.1, -0.05) is 19.1 Å². The van der Waals surface area contributed by atoms with Gasteiger partial charge in [-0.3, -0.25) is 4.79 Å². The summed E-state index contributed by atoms with van der Waals surface area (Å²) in [7, 11) is 1.85. The molecule has 2 heterocycles. The number of aromatic nitrogens is 3. The number of hydrogen-bond donors (Lipinski definition) is 1. The van der Waals surface area contributed by atoms with Crippen LogP contribution in [0.5, 0.6) is 5.75 Å². The zero-order chi connectivity index (χ0) is 30.8. The molecule has 4 rings (SSSR count). The fraction of sp³-hybridized carbons (Fsp3) is 0.484. The first kappa shape index (κ1) is 31.8. The van der Waals surface area contributed by atoms with Crippen LogP contribution < -0.4 is 19.9 Å². The van der Waals surface area contributed by atoms with E-state index in [1.165, 1.54) is 12.1 Å². The molecule has 0 spiro atoms. The maximum atomic E-state index is 13.0. The van der Waals surface area contributed by atoms with E-state index in [9.17, 15) is 18.0 Å². The number of nitrogens with zero attached hydrogens (tertiary/aromatic N) is 5. The van der Waals surface area contributed by atoms with Gasteiger partial charge >= 0.3 is 12.1 Å². The lowest BCUT2D eigenvalue weighted by Gasteiger charge is -2.28. The standard InChI is InChI=1S/C31H39F3N6O3/c1-4-23(27(41)42-5-2)21-22-9-15-26(16-10-22)43-20-19-39(3)29-36-28(37-30(38-29)40-17-7-6-8-18-40)35-25-13-11-24(12-14-25)31(32,33)34/h9-16,23H,4-8,17-21H2,1-3H3,(H,35,36,37,38). The SMILES string of the molecule is CCOC(=O)C(CC)Cc1ccc(OCCN(C)c2nc(Nc3ccc(C(F)(F)F)cc3)nc(N3CCCCC3)n2)cc1. The van der Waals surface area contributed by atoms with Crippen molar-refractivity contribution in [3.05, 3.63) is 59.7 Å². The highest BCUT2D eigenvalue weighted by Gasteiger charge is 2.30. The number of rotatable bonds is 13. The molecule has 2 aromatic carbocycles. The second kappa shape index (κ2) is 14.9. The van der Waals surface area contributed by atoms with Crippen molar-refractivity contribution < 1.29 is 27.4 Å². The minimum absolute atomic E-state index is 0.172. The third-order valence-corrected chi connectivity index (χ3v) is 7.27. The van der Waals surface area contributed by atoms with E-state index >= 15 is 0 Å². The third kappa shape index (κ3) is 9.20. The highest BCUT2D eigenvalue weighted by molar-refractivity contribution is 5.72. The summed E-state index contributed by atoms with van der Waals surface area (Å²) in [6.07, 6.45) is 0.130. The maximum Gasteiger partial charge on any atom is 0.416 e. The maximum absolute atomic E-state index is 13.0. The summed E-state index contributed by atoms with van der Waals surface area (Å²) in [6, 6.07) is 12.4. The van der Waals surface area contributed by atoms with Crippen LogP contribution in [0.4, 0.5) is 36.7 Å². The van der Waals surface area contributed by atoms with Crippen LogP contribution in [-0.4, -0.2) is 60.8 Å². The fourth-order valence-corrected chi connectivity index (χ4v) is 4.75. The van der Waals surface area contributed by atoms with Gasteiger partial charge in [0.1, 0.15) is 12.4 Å². The molecule has 1 unspecified atom stereocenters. The summed E-state index contributed by atoms with van der Waals surface area (Å²) in [5.74, 6) is 1.56. The van der Waals surface area contributed by atoms with Crippen LogP contribution >= 0.6 is 0 Å². The second-order valence-corrected chi connectivity index (χ2v) is 10.5. The minimum atomic E-state index is -4.41. The smallest absolute Gasteiger partial charge is 0.416 e. The molecule has 0 aliphatic carbocycles. The van der Waals surface area contributed by atoms with Crippen LogP contribution in [-0.2, 0) is 22.1 Å². The summed E-state index contributed by atoms with van der Waals surface area (Å²) >= 11 is 0. The van der Waals surface area contributed by atoms with Gasteiger partial charge in [-0.05, 0) is 81.0 Å². The Morgan fingerprint density at radius 1 is 1.00 bits per heavy atom. The van der Waals surface area contributed by atoms with Crippen LogP contribution in [0.3, 0.4) is 0 Å². The third-order valence-electron chi connectivity index (χ3n) is 7.27. The Hall–Kier alpha value is -4.09. The predicted molar refractivity (Wildman–Crippen MR) is 160 cm³/mol. The topological polar surface area (TPSA) is 92.7 Å². The lowest BCUT2D eigenvalue weighted by molar-refractivity contribution is -0.148. The molecule has 3 aromatic rings. The summed E-state index contributed by atoms with van der Waals surface area (Å²) < 4.78 is 50.1. The number of esters is 1. The van der Waals surface area contributed by atoms with E-state index in [-0.39, 0.29) is 17.8 Å². The Balaban J connectivity index is 1.40. The van der Waals surface area contributed by atoms with Gasteiger partial charge in [-0.2, -0.15) is 28.1 Å². The number of ether oxygens (including phenoxy) is 2. The van der Waals surface area contributed by atoms with Gasteiger partial charge in [-0.15, -0.1) is 0 Å². The number of carbonyl (C=O) groups is 1. The lowest BCUT2D eigenvalue weighted by Crippen LogP contribution is -2.32. The van der Waals surface area contributed by atoms with Gasteiger partial charge in [-0.25, -0.2) is 0 Å². The first-order chi connectivity index (χ1) is 20.7. The van der Waals surface area contributed by atoms with Gasteiger partial charge < -0.3 is 24.6 Å². The van der Waals surface area contributed by atoms with E-state index in [0.717, 1.165) is 50.0 Å². The number of piperidine rings is 1. The van der Waals surface area contributed by atoms with E-state index in [4.69, 9.17) is 14.5 Å².